The molecule has 104 valence electrons. The highest BCUT2D eigenvalue weighted by Gasteiger charge is 2.23. The Bertz CT molecular complexity index is 726. The molecule has 3 heteroatoms. The first-order valence-corrected chi connectivity index (χ1v) is 7.85. The van der Waals surface area contributed by atoms with Gasteiger partial charge in [0.05, 0.1) is 6.04 Å². The predicted molar refractivity (Wildman–Crippen MR) is 85.6 cm³/mol. The molecule has 1 aromatic carbocycles. The maximum absolute atomic E-state index is 6.03. The molecule has 0 saturated heterocycles. The van der Waals surface area contributed by atoms with Gasteiger partial charge in [-0.2, -0.15) is 0 Å². The van der Waals surface area contributed by atoms with Crippen molar-refractivity contribution in [2.45, 2.75) is 26.3 Å². The van der Waals surface area contributed by atoms with Crippen LogP contribution in [0.4, 0.5) is 0 Å². The van der Waals surface area contributed by atoms with Crippen molar-refractivity contribution in [3.05, 3.63) is 57.5 Å². The Hall–Kier alpha value is -1.58. The number of aryl methyl sites for hydroxylation is 2. The molecule has 0 aliphatic carbocycles. The predicted octanol–water partition coefficient (Wildman–Crippen LogP) is 4.67. The van der Waals surface area contributed by atoms with Gasteiger partial charge < -0.3 is 9.73 Å². The van der Waals surface area contributed by atoms with E-state index in [0.29, 0.717) is 0 Å². The van der Waals surface area contributed by atoms with E-state index < -0.39 is 0 Å². The van der Waals surface area contributed by atoms with Gasteiger partial charge >= 0.3 is 0 Å². The molecule has 1 N–H and O–H groups in total. The average molecular weight is 285 g/mol. The van der Waals surface area contributed by atoms with Crippen molar-refractivity contribution < 1.29 is 4.42 Å². The van der Waals surface area contributed by atoms with Crippen LogP contribution < -0.4 is 5.32 Å². The number of hydrogen-bond donors (Lipinski definition) is 1. The van der Waals surface area contributed by atoms with Crippen LogP contribution >= 0.6 is 11.3 Å². The van der Waals surface area contributed by atoms with Gasteiger partial charge in [-0.3, -0.25) is 0 Å². The highest BCUT2D eigenvalue weighted by molar-refractivity contribution is 7.10. The Morgan fingerprint density at radius 1 is 1.25 bits per heavy atom. The molecule has 0 amide bonds. The lowest BCUT2D eigenvalue weighted by atomic mass is 9.99. The summed E-state index contributed by atoms with van der Waals surface area (Å²) in [5, 5.41) is 6.84. The van der Waals surface area contributed by atoms with E-state index in [0.717, 1.165) is 17.8 Å². The smallest absolute Gasteiger partial charge is 0.134 e. The van der Waals surface area contributed by atoms with Crippen molar-refractivity contribution in [1.29, 1.82) is 0 Å². The van der Waals surface area contributed by atoms with Crippen LogP contribution in [0.2, 0.25) is 0 Å². The van der Waals surface area contributed by atoms with Gasteiger partial charge in [-0.05, 0) is 37.0 Å². The van der Waals surface area contributed by atoms with Gasteiger partial charge in [0.15, 0.2) is 0 Å². The summed E-state index contributed by atoms with van der Waals surface area (Å²) in [6.07, 6.45) is 0.909. The molecule has 2 heterocycles. The summed E-state index contributed by atoms with van der Waals surface area (Å²) >= 11 is 1.80. The minimum absolute atomic E-state index is 0.202. The lowest BCUT2D eigenvalue weighted by Gasteiger charge is -2.16. The molecule has 0 fully saturated rings. The number of furan rings is 1. The molecule has 2 nitrogen and oxygen atoms in total. The van der Waals surface area contributed by atoms with Gasteiger partial charge in [0, 0.05) is 22.2 Å². The normalized spacial score (nSPS) is 12.9. The fraction of sp³-hybridized carbons (Fsp3) is 0.294. The van der Waals surface area contributed by atoms with E-state index in [2.05, 4.69) is 42.7 Å². The topological polar surface area (TPSA) is 25.2 Å². The first-order chi connectivity index (χ1) is 9.76. The van der Waals surface area contributed by atoms with E-state index in [-0.39, 0.29) is 6.04 Å². The van der Waals surface area contributed by atoms with E-state index in [9.17, 15) is 0 Å². The molecule has 3 rings (SSSR count). The quantitative estimate of drug-likeness (QED) is 0.753. The zero-order valence-electron chi connectivity index (χ0n) is 12.1. The molecule has 20 heavy (non-hydrogen) atoms. The second-order valence-corrected chi connectivity index (χ2v) is 5.93. The molecular weight excluding hydrogens is 266 g/mol. The van der Waals surface area contributed by atoms with Crippen LogP contribution in [-0.4, -0.2) is 7.05 Å². The molecule has 3 aromatic rings. The van der Waals surface area contributed by atoms with Crippen LogP contribution in [0.5, 0.6) is 0 Å². The molecule has 0 spiro atoms. The number of fused-ring (bicyclic) bond motifs is 1. The summed E-state index contributed by atoms with van der Waals surface area (Å²) in [5.74, 6) is 1.08. The molecule has 0 bridgehead atoms. The molecule has 1 unspecified atom stereocenters. The third-order valence-corrected chi connectivity index (χ3v) is 4.86. The van der Waals surface area contributed by atoms with Crippen LogP contribution in [0.3, 0.4) is 0 Å². The third-order valence-electron chi connectivity index (χ3n) is 3.77. The second kappa shape index (κ2) is 5.43. The zero-order valence-corrected chi connectivity index (χ0v) is 12.9. The Morgan fingerprint density at radius 2 is 2.05 bits per heavy atom. The van der Waals surface area contributed by atoms with Crippen molar-refractivity contribution in [3.63, 3.8) is 0 Å². The third kappa shape index (κ3) is 2.07. The summed E-state index contributed by atoms with van der Waals surface area (Å²) in [4.78, 5) is 1.37. The van der Waals surface area contributed by atoms with Crippen LogP contribution in [0.25, 0.3) is 11.0 Å². The number of nitrogens with one attached hydrogen (secondary N) is 1. The summed E-state index contributed by atoms with van der Waals surface area (Å²) in [6, 6.07) is 10.7. The fourth-order valence-electron chi connectivity index (χ4n) is 2.78. The molecule has 0 aliphatic rings. The molecule has 0 saturated carbocycles. The van der Waals surface area contributed by atoms with Crippen molar-refractivity contribution in [3.8, 4) is 0 Å². The highest BCUT2D eigenvalue weighted by atomic mass is 32.1. The SMILES string of the molecule is CCc1oc2ccccc2c1C(NC)c1sccc1C. The second-order valence-electron chi connectivity index (χ2n) is 4.98. The maximum Gasteiger partial charge on any atom is 0.134 e. The van der Waals surface area contributed by atoms with Crippen LogP contribution in [0.15, 0.2) is 40.1 Å². The number of rotatable bonds is 4. The van der Waals surface area contributed by atoms with Gasteiger partial charge in [-0.25, -0.2) is 0 Å². The molecule has 0 radical (unpaired) electrons. The molecular formula is C17H19NOS. The Kier molecular flexibility index (Phi) is 3.64. The maximum atomic E-state index is 6.03. The van der Waals surface area contributed by atoms with Crippen molar-refractivity contribution in [2.24, 2.45) is 0 Å². The first-order valence-electron chi connectivity index (χ1n) is 6.97. The lowest BCUT2D eigenvalue weighted by molar-refractivity contribution is 0.540. The molecule has 2 aromatic heterocycles. The number of hydrogen-bond acceptors (Lipinski definition) is 3. The number of para-hydroxylation sites is 1. The number of benzene rings is 1. The minimum Gasteiger partial charge on any atom is -0.461 e. The van der Waals surface area contributed by atoms with Gasteiger partial charge in [0.1, 0.15) is 11.3 Å². The average Bonchev–Trinajstić information content (AvgIpc) is 3.05. The van der Waals surface area contributed by atoms with Crippen LogP contribution in [-0.2, 0) is 6.42 Å². The number of thiophene rings is 1. The minimum atomic E-state index is 0.202. The largest absolute Gasteiger partial charge is 0.461 e. The van der Waals surface area contributed by atoms with Crippen LogP contribution in [0, 0.1) is 6.92 Å². The van der Waals surface area contributed by atoms with Gasteiger partial charge in [0.2, 0.25) is 0 Å². The summed E-state index contributed by atoms with van der Waals surface area (Å²) in [5.41, 5.74) is 3.60. The highest BCUT2D eigenvalue weighted by Crippen LogP contribution is 2.37. The summed E-state index contributed by atoms with van der Waals surface area (Å²) in [7, 11) is 2.02. The van der Waals surface area contributed by atoms with E-state index in [1.54, 1.807) is 11.3 Å². The zero-order chi connectivity index (χ0) is 14.1. The van der Waals surface area contributed by atoms with E-state index >= 15 is 0 Å². The van der Waals surface area contributed by atoms with E-state index in [1.807, 2.05) is 19.2 Å². The fourth-order valence-corrected chi connectivity index (χ4v) is 3.83. The molecule has 1 atom stereocenters. The van der Waals surface area contributed by atoms with E-state index in [4.69, 9.17) is 4.42 Å². The van der Waals surface area contributed by atoms with Crippen molar-refractivity contribution >= 4 is 22.3 Å². The van der Waals surface area contributed by atoms with Gasteiger partial charge in [-0.15, -0.1) is 11.3 Å². The van der Waals surface area contributed by atoms with Crippen LogP contribution in [0.1, 0.15) is 34.7 Å². The van der Waals surface area contributed by atoms with Crippen molar-refractivity contribution in [2.75, 3.05) is 7.05 Å². The standard InChI is InChI=1S/C17H19NOS/c1-4-13-15(12-7-5-6-8-14(12)19-13)16(18-3)17-11(2)9-10-20-17/h5-10,16,18H,4H2,1-3H3. The summed E-state index contributed by atoms with van der Waals surface area (Å²) < 4.78 is 6.03. The Morgan fingerprint density at radius 3 is 2.70 bits per heavy atom. The lowest BCUT2D eigenvalue weighted by Crippen LogP contribution is -2.18. The molecule has 0 aliphatic heterocycles. The first kappa shape index (κ1) is 13.4. The summed E-state index contributed by atoms with van der Waals surface area (Å²) in [6.45, 7) is 4.32. The van der Waals surface area contributed by atoms with Gasteiger partial charge in [0.25, 0.3) is 0 Å². The Labute approximate surface area is 123 Å². The van der Waals surface area contributed by atoms with Crippen molar-refractivity contribution in [1.82, 2.24) is 5.32 Å². The van der Waals surface area contributed by atoms with Gasteiger partial charge in [-0.1, -0.05) is 25.1 Å². The van der Waals surface area contributed by atoms with E-state index in [1.165, 1.54) is 21.4 Å². The monoisotopic (exact) mass is 285 g/mol. The Balaban J connectivity index is 2.23.